The van der Waals surface area contributed by atoms with Crippen molar-refractivity contribution in [3.05, 3.63) is 11.8 Å². The molecule has 2 unspecified atom stereocenters. The quantitative estimate of drug-likeness (QED) is 0.543. The van der Waals surface area contributed by atoms with Gasteiger partial charge >= 0.3 is 0 Å². The van der Waals surface area contributed by atoms with Gasteiger partial charge in [0.15, 0.2) is 0 Å². The number of rotatable bonds is 0. The molecule has 0 spiro atoms. The lowest BCUT2D eigenvalue weighted by molar-refractivity contribution is 0.0871. The first-order chi connectivity index (χ1) is 8.84. The first-order valence-electron chi connectivity index (χ1n) is 8.20. The predicted molar refractivity (Wildman–Crippen MR) is 77.5 cm³/mol. The highest BCUT2D eigenvalue weighted by atomic mass is 16.5. The molecule has 18 heavy (non-hydrogen) atoms. The summed E-state index contributed by atoms with van der Waals surface area (Å²) in [6.07, 6.45) is 19.1. The molecule has 0 aromatic rings. The maximum atomic E-state index is 6.26. The molecular formula is C17H30O. The van der Waals surface area contributed by atoms with Gasteiger partial charge < -0.3 is 4.74 Å². The van der Waals surface area contributed by atoms with Crippen LogP contribution in [0.1, 0.15) is 84.0 Å². The largest absolute Gasteiger partial charge is 0.495 e. The van der Waals surface area contributed by atoms with Crippen molar-refractivity contribution >= 4 is 0 Å². The Kier molecular flexibility index (Phi) is 6.10. The maximum Gasteiger partial charge on any atom is 0.0985 e. The van der Waals surface area contributed by atoms with Gasteiger partial charge in [0.05, 0.1) is 11.9 Å². The summed E-state index contributed by atoms with van der Waals surface area (Å²) in [7, 11) is 0. The van der Waals surface area contributed by atoms with Crippen LogP contribution in [0.15, 0.2) is 11.8 Å². The summed E-state index contributed by atoms with van der Waals surface area (Å²) in [5.74, 6) is 2.11. The van der Waals surface area contributed by atoms with Crippen molar-refractivity contribution in [1.29, 1.82) is 0 Å². The zero-order chi connectivity index (χ0) is 12.6. The molecule has 2 heterocycles. The molecule has 104 valence electrons. The zero-order valence-corrected chi connectivity index (χ0v) is 12.1. The molecule has 0 aromatic heterocycles. The van der Waals surface area contributed by atoms with Gasteiger partial charge in [0, 0.05) is 6.42 Å². The van der Waals surface area contributed by atoms with Crippen LogP contribution in [-0.4, -0.2) is 6.10 Å². The van der Waals surface area contributed by atoms with Gasteiger partial charge in [-0.25, -0.2) is 0 Å². The Morgan fingerprint density at radius 1 is 0.944 bits per heavy atom. The minimum atomic E-state index is 0.509. The van der Waals surface area contributed by atoms with E-state index in [9.17, 15) is 0 Å². The van der Waals surface area contributed by atoms with Crippen molar-refractivity contribution < 1.29 is 4.74 Å². The molecule has 1 fully saturated rings. The number of hydrogen-bond acceptors (Lipinski definition) is 1. The molecule has 1 heteroatoms. The van der Waals surface area contributed by atoms with Crippen molar-refractivity contribution in [3.63, 3.8) is 0 Å². The second kappa shape index (κ2) is 7.86. The normalized spacial score (nSPS) is 31.9. The zero-order valence-electron chi connectivity index (χ0n) is 12.1. The van der Waals surface area contributed by atoms with Crippen LogP contribution in [0.5, 0.6) is 0 Å². The van der Waals surface area contributed by atoms with E-state index in [0.29, 0.717) is 6.10 Å². The molecule has 2 bridgehead atoms. The molecular weight excluding hydrogens is 220 g/mol. The molecule has 0 saturated carbocycles. The molecule has 2 aliphatic heterocycles. The molecule has 1 saturated heterocycles. The highest BCUT2D eigenvalue weighted by Gasteiger charge is 2.19. The predicted octanol–water partition coefficient (Wildman–Crippen LogP) is 5.60. The van der Waals surface area contributed by atoms with Crippen LogP contribution in [-0.2, 0) is 4.74 Å². The molecule has 2 rings (SSSR count). The molecule has 1 nitrogen and oxygen atoms in total. The van der Waals surface area contributed by atoms with Gasteiger partial charge in [0.25, 0.3) is 0 Å². The summed E-state index contributed by atoms with van der Waals surface area (Å²) in [4.78, 5) is 0. The van der Waals surface area contributed by atoms with E-state index < -0.39 is 0 Å². The standard InChI is InChI=1S/C17H30O/c1-15-12-13-16-10-8-6-4-2-3-5-7-9-11-17(14-15)18-16/h13,15,17H,2-12,14H2,1H3. The van der Waals surface area contributed by atoms with Gasteiger partial charge in [-0.05, 0) is 44.1 Å². The van der Waals surface area contributed by atoms with E-state index >= 15 is 0 Å². The van der Waals surface area contributed by atoms with Crippen LogP contribution in [0.4, 0.5) is 0 Å². The van der Waals surface area contributed by atoms with Crippen LogP contribution in [0.3, 0.4) is 0 Å². The number of ether oxygens (including phenoxy) is 1. The van der Waals surface area contributed by atoms with E-state index in [4.69, 9.17) is 4.74 Å². The molecule has 2 aliphatic rings. The van der Waals surface area contributed by atoms with Gasteiger partial charge in [-0.2, -0.15) is 0 Å². The fraction of sp³-hybridized carbons (Fsp3) is 0.882. The van der Waals surface area contributed by atoms with Crippen LogP contribution < -0.4 is 0 Å². The number of hydrogen-bond donors (Lipinski definition) is 0. The van der Waals surface area contributed by atoms with Gasteiger partial charge in [-0.3, -0.25) is 0 Å². The van der Waals surface area contributed by atoms with Crippen LogP contribution >= 0.6 is 0 Å². The van der Waals surface area contributed by atoms with E-state index in [1.54, 1.807) is 0 Å². The Labute approximate surface area is 113 Å². The number of allylic oxidation sites excluding steroid dienone is 2. The Balaban J connectivity index is 1.90. The van der Waals surface area contributed by atoms with Crippen LogP contribution in [0, 0.1) is 5.92 Å². The van der Waals surface area contributed by atoms with Crippen molar-refractivity contribution in [2.24, 2.45) is 5.92 Å². The van der Waals surface area contributed by atoms with Crippen LogP contribution in [0.25, 0.3) is 0 Å². The minimum absolute atomic E-state index is 0.509. The average molecular weight is 250 g/mol. The Morgan fingerprint density at radius 2 is 1.61 bits per heavy atom. The van der Waals surface area contributed by atoms with Gasteiger partial charge in [0.2, 0.25) is 0 Å². The Hall–Kier alpha value is -0.460. The van der Waals surface area contributed by atoms with E-state index in [1.165, 1.54) is 82.8 Å². The maximum absolute atomic E-state index is 6.26. The Bertz CT molecular complexity index is 256. The summed E-state index contributed by atoms with van der Waals surface area (Å²) in [5, 5.41) is 0. The number of fused-ring (bicyclic) bond motifs is 2. The lowest BCUT2D eigenvalue weighted by atomic mass is 9.97. The molecule has 2 atom stereocenters. The van der Waals surface area contributed by atoms with Crippen molar-refractivity contribution in [2.45, 2.75) is 90.1 Å². The average Bonchev–Trinajstić information content (AvgIpc) is 2.52. The second-order valence-electron chi connectivity index (χ2n) is 6.35. The lowest BCUT2D eigenvalue weighted by Crippen LogP contribution is -2.14. The first-order valence-corrected chi connectivity index (χ1v) is 8.20. The Morgan fingerprint density at radius 3 is 2.39 bits per heavy atom. The summed E-state index contributed by atoms with van der Waals surface area (Å²) in [6, 6.07) is 0. The summed E-state index contributed by atoms with van der Waals surface area (Å²) in [5.41, 5.74) is 0. The molecule has 0 aromatic carbocycles. The van der Waals surface area contributed by atoms with Crippen molar-refractivity contribution in [1.82, 2.24) is 0 Å². The first kappa shape index (κ1) is 14.0. The van der Waals surface area contributed by atoms with Crippen molar-refractivity contribution in [3.8, 4) is 0 Å². The lowest BCUT2D eigenvalue weighted by Gasteiger charge is -2.20. The smallest absolute Gasteiger partial charge is 0.0985 e. The third-order valence-corrected chi connectivity index (χ3v) is 4.43. The van der Waals surface area contributed by atoms with Gasteiger partial charge in [0.1, 0.15) is 0 Å². The third kappa shape index (κ3) is 5.04. The summed E-state index contributed by atoms with van der Waals surface area (Å²) >= 11 is 0. The molecule has 0 radical (unpaired) electrons. The molecule has 0 aliphatic carbocycles. The van der Waals surface area contributed by atoms with E-state index in [2.05, 4.69) is 13.0 Å². The van der Waals surface area contributed by atoms with E-state index in [-0.39, 0.29) is 0 Å². The topological polar surface area (TPSA) is 9.23 Å². The fourth-order valence-corrected chi connectivity index (χ4v) is 3.26. The SMILES string of the molecule is CC1CC=C2CCCCCCCCCCC(C1)O2. The highest BCUT2D eigenvalue weighted by molar-refractivity contribution is 4.97. The second-order valence-corrected chi connectivity index (χ2v) is 6.35. The van der Waals surface area contributed by atoms with E-state index in [0.717, 1.165) is 5.92 Å². The van der Waals surface area contributed by atoms with Crippen molar-refractivity contribution in [2.75, 3.05) is 0 Å². The summed E-state index contributed by atoms with van der Waals surface area (Å²) < 4.78 is 6.26. The van der Waals surface area contributed by atoms with Gasteiger partial charge in [-0.1, -0.05) is 45.4 Å². The van der Waals surface area contributed by atoms with E-state index in [1.807, 2.05) is 0 Å². The monoisotopic (exact) mass is 250 g/mol. The fourth-order valence-electron chi connectivity index (χ4n) is 3.26. The van der Waals surface area contributed by atoms with Crippen LogP contribution in [0.2, 0.25) is 0 Å². The summed E-state index contributed by atoms with van der Waals surface area (Å²) in [6.45, 7) is 2.37. The molecule has 0 N–H and O–H groups in total. The highest BCUT2D eigenvalue weighted by Crippen LogP contribution is 2.28. The minimum Gasteiger partial charge on any atom is -0.495 e. The third-order valence-electron chi connectivity index (χ3n) is 4.43. The molecule has 0 amide bonds. The van der Waals surface area contributed by atoms with Gasteiger partial charge in [-0.15, -0.1) is 0 Å².